The van der Waals surface area contributed by atoms with Crippen molar-refractivity contribution in [3.05, 3.63) is 0 Å². The first-order valence-corrected chi connectivity index (χ1v) is 4.88. The van der Waals surface area contributed by atoms with Crippen molar-refractivity contribution in [1.29, 1.82) is 0 Å². The van der Waals surface area contributed by atoms with Crippen molar-refractivity contribution in [2.24, 2.45) is 0 Å². The molecule has 5 heteroatoms. The van der Waals surface area contributed by atoms with E-state index in [1.165, 1.54) is 0 Å². The van der Waals surface area contributed by atoms with Gasteiger partial charge in [0.15, 0.2) is 0 Å². The summed E-state index contributed by atoms with van der Waals surface area (Å²) >= 11 is 0. The van der Waals surface area contributed by atoms with Gasteiger partial charge in [-0.15, -0.1) is 0 Å². The van der Waals surface area contributed by atoms with Crippen LogP contribution in [0, 0.1) is 0 Å². The zero-order valence-electron chi connectivity index (χ0n) is 11.2. The highest BCUT2D eigenvalue weighted by molar-refractivity contribution is 5.83. The summed E-state index contributed by atoms with van der Waals surface area (Å²) in [5, 5.41) is 0. The van der Waals surface area contributed by atoms with Crippen LogP contribution >= 0.6 is 0 Å². The van der Waals surface area contributed by atoms with Crippen LogP contribution in [0.5, 0.6) is 0 Å². The van der Waals surface area contributed by atoms with Gasteiger partial charge in [0, 0.05) is 0 Å². The summed E-state index contributed by atoms with van der Waals surface area (Å²) in [6, 6.07) is 1.60. The lowest BCUT2D eigenvalue weighted by atomic mass is 10.7. The van der Waals surface area contributed by atoms with E-state index >= 15 is 0 Å². The summed E-state index contributed by atoms with van der Waals surface area (Å²) in [5.74, 6) is 0. The molecule has 88 valence electrons. The van der Waals surface area contributed by atoms with Crippen LogP contribution in [0.4, 0.5) is 0 Å². The van der Waals surface area contributed by atoms with Gasteiger partial charge in [0.05, 0.1) is 56.4 Å². The molecule has 0 saturated carbocycles. The molecule has 0 aromatic heterocycles. The Morgan fingerprint density at radius 1 is 0.733 bits per heavy atom. The Balaban J connectivity index is 4.99. The van der Waals surface area contributed by atoms with Gasteiger partial charge in [-0.25, -0.2) is 19.0 Å². The second-order valence-corrected chi connectivity index (χ2v) is 4.24. The Hall–Kier alpha value is -1.26. The monoisotopic (exact) mass is 216 g/mol. The number of rotatable bonds is 0. The summed E-state index contributed by atoms with van der Waals surface area (Å²) in [4.78, 5) is 3.88. The first kappa shape index (κ1) is 13.7. The first-order chi connectivity index (χ1) is 6.77. The molecule has 0 radical (unpaired) electrons. The Morgan fingerprint density at radius 3 is 1.13 bits per heavy atom. The fraction of sp³-hybridized carbons (Fsp3) is 0.800. The van der Waals surface area contributed by atoms with Gasteiger partial charge in [0.1, 0.15) is 0 Å². The van der Waals surface area contributed by atoms with Gasteiger partial charge < -0.3 is 4.74 Å². The summed E-state index contributed by atoms with van der Waals surface area (Å²) in [6.45, 7) is 0. The number of hydrogen-bond donors (Lipinski definition) is 0. The molecule has 15 heavy (non-hydrogen) atoms. The lowest BCUT2D eigenvalue weighted by molar-refractivity contribution is -0.492. The smallest absolute Gasteiger partial charge is 0.321 e. The van der Waals surface area contributed by atoms with Crippen molar-refractivity contribution < 1.29 is 13.9 Å². The molecule has 0 aliphatic carbocycles. The molecule has 0 aromatic rings. The molecule has 5 nitrogen and oxygen atoms in total. The Kier molecular flexibility index (Phi) is 5.11. The highest BCUT2D eigenvalue weighted by Crippen LogP contribution is 1.91. The maximum absolute atomic E-state index is 5.83. The van der Waals surface area contributed by atoms with Gasteiger partial charge in [0.2, 0.25) is 0 Å². The molecule has 0 rings (SSSR count). The van der Waals surface area contributed by atoms with E-state index in [0.717, 1.165) is 12.0 Å². The molecular formula is C10H24N4O+2. The fourth-order valence-corrected chi connectivity index (χ4v) is 1.25. The average molecular weight is 216 g/mol. The van der Waals surface area contributed by atoms with E-state index in [0.29, 0.717) is 0 Å². The summed E-state index contributed by atoms with van der Waals surface area (Å²) in [7, 11) is 15.7. The molecule has 0 aromatic carbocycles. The molecule has 0 heterocycles. The van der Waals surface area contributed by atoms with Crippen molar-refractivity contribution in [2.45, 2.75) is 0 Å². The normalized spacial score (nSPS) is 9.33. The van der Waals surface area contributed by atoms with Crippen LogP contribution < -0.4 is 0 Å². The Morgan fingerprint density at radius 2 is 1.00 bits per heavy atom. The zero-order valence-corrected chi connectivity index (χ0v) is 11.2. The Bertz CT molecular complexity index is 243. The lowest BCUT2D eigenvalue weighted by Crippen LogP contribution is -2.41. The minimum absolute atomic E-state index is 0.799. The highest BCUT2D eigenvalue weighted by Gasteiger charge is 2.23. The van der Waals surface area contributed by atoms with E-state index in [4.69, 9.17) is 4.74 Å². The quantitative estimate of drug-likeness (QED) is 0.306. The molecule has 0 spiro atoms. The van der Waals surface area contributed by atoms with Crippen molar-refractivity contribution in [2.75, 3.05) is 56.4 Å². The van der Waals surface area contributed by atoms with Crippen molar-refractivity contribution >= 4 is 12.0 Å². The van der Waals surface area contributed by atoms with Crippen molar-refractivity contribution in [3.63, 3.8) is 0 Å². The van der Waals surface area contributed by atoms with E-state index in [1.807, 2.05) is 75.3 Å². The van der Waals surface area contributed by atoms with Gasteiger partial charge in [-0.1, -0.05) is 0 Å². The standard InChI is InChI=1S/C10H24N4O/c1-11(2)9(12(3)4)15-10(13(5)6)14(7)8/h1-8H3/q+2. The summed E-state index contributed by atoms with van der Waals surface area (Å²) < 4.78 is 9.71. The van der Waals surface area contributed by atoms with Crippen LogP contribution in [-0.2, 0) is 4.74 Å². The SMILES string of the molecule is CN(C)C(OC(N(C)C)=[N+](C)C)=[N+](C)C. The molecule has 0 aliphatic heterocycles. The molecular weight excluding hydrogens is 192 g/mol. The lowest BCUT2D eigenvalue weighted by Gasteiger charge is -2.14. The summed E-state index contributed by atoms with van der Waals surface area (Å²) in [6.07, 6.45) is 0. The number of amidine groups is 2. The van der Waals surface area contributed by atoms with Crippen LogP contribution in [0.25, 0.3) is 0 Å². The van der Waals surface area contributed by atoms with Crippen molar-refractivity contribution in [3.8, 4) is 0 Å². The molecule has 0 atom stereocenters. The molecule has 0 fully saturated rings. The first-order valence-electron chi connectivity index (χ1n) is 4.88. The fourth-order valence-electron chi connectivity index (χ4n) is 1.25. The van der Waals surface area contributed by atoms with E-state index in [2.05, 4.69) is 0 Å². The average Bonchev–Trinajstić information content (AvgIpc) is 2.01. The molecule has 0 amide bonds. The second-order valence-electron chi connectivity index (χ2n) is 4.24. The van der Waals surface area contributed by atoms with Gasteiger partial charge in [-0.05, 0) is 0 Å². The van der Waals surface area contributed by atoms with Crippen LogP contribution in [0.1, 0.15) is 0 Å². The van der Waals surface area contributed by atoms with Gasteiger partial charge in [-0.2, -0.15) is 0 Å². The highest BCUT2D eigenvalue weighted by atomic mass is 16.5. The number of ether oxygens (including phenoxy) is 1. The second kappa shape index (κ2) is 5.58. The van der Waals surface area contributed by atoms with Gasteiger partial charge >= 0.3 is 12.0 Å². The van der Waals surface area contributed by atoms with Crippen LogP contribution in [0.2, 0.25) is 0 Å². The maximum Gasteiger partial charge on any atom is 0.456 e. The van der Waals surface area contributed by atoms with E-state index in [1.54, 1.807) is 0 Å². The zero-order chi connectivity index (χ0) is 12.2. The third kappa shape index (κ3) is 4.18. The van der Waals surface area contributed by atoms with Crippen LogP contribution in [0.3, 0.4) is 0 Å². The van der Waals surface area contributed by atoms with Gasteiger partial charge in [0.25, 0.3) is 0 Å². The van der Waals surface area contributed by atoms with Crippen molar-refractivity contribution in [1.82, 2.24) is 9.80 Å². The Labute approximate surface area is 92.9 Å². The third-order valence-electron chi connectivity index (χ3n) is 1.71. The largest absolute Gasteiger partial charge is 0.456 e. The molecule has 0 unspecified atom stereocenters. The number of nitrogens with zero attached hydrogens (tertiary/aromatic N) is 4. The van der Waals surface area contributed by atoms with Crippen LogP contribution in [-0.4, -0.2) is 87.4 Å². The number of hydrogen-bond acceptors (Lipinski definition) is 1. The predicted molar refractivity (Wildman–Crippen MR) is 62.7 cm³/mol. The minimum Gasteiger partial charge on any atom is -0.321 e. The van der Waals surface area contributed by atoms with Gasteiger partial charge in [-0.3, -0.25) is 0 Å². The van der Waals surface area contributed by atoms with E-state index < -0.39 is 0 Å². The maximum atomic E-state index is 5.83. The van der Waals surface area contributed by atoms with E-state index in [9.17, 15) is 0 Å². The minimum atomic E-state index is 0.799. The topological polar surface area (TPSA) is 21.7 Å². The van der Waals surface area contributed by atoms with E-state index in [-0.39, 0.29) is 0 Å². The molecule has 0 N–H and O–H groups in total. The summed E-state index contributed by atoms with van der Waals surface area (Å²) in [5.41, 5.74) is 0. The molecule has 0 bridgehead atoms. The third-order valence-corrected chi connectivity index (χ3v) is 1.71. The molecule has 0 saturated heterocycles. The predicted octanol–water partition coefficient (Wildman–Crippen LogP) is -0.618. The molecule has 0 aliphatic rings. The van der Waals surface area contributed by atoms with Crippen LogP contribution in [0.15, 0.2) is 0 Å².